The fraction of sp³-hybridized carbons (Fsp3) is 0.423. The molecule has 8 heteroatoms. The number of phenolic OH excluding ortho intramolecular Hbond substituents is 1. The van der Waals surface area contributed by atoms with Gasteiger partial charge in [-0.1, -0.05) is 24.3 Å². The molecule has 4 aliphatic rings. The van der Waals surface area contributed by atoms with Crippen molar-refractivity contribution in [3.8, 4) is 17.2 Å². The second kappa shape index (κ2) is 7.46. The van der Waals surface area contributed by atoms with E-state index >= 15 is 0 Å². The third-order valence-corrected chi connectivity index (χ3v) is 8.09. The maximum atomic E-state index is 14.7. The number of carbonyl (C=O) groups excluding carboxylic acids is 1. The number of rotatable bonds is 4. The lowest BCUT2D eigenvalue weighted by Gasteiger charge is -2.56. The molecule has 1 saturated heterocycles. The number of likely N-dealkylation sites (N-methyl/N-ethyl adjacent to an activating group) is 1. The maximum Gasteiger partial charge on any atom is 0.282 e. The van der Waals surface area contributed by atoms with Gasteiger partial charge >= 0.3 is 0 Å². The molecule has 8 nitrogen and oxygen atoms in total. The highest BCUT2D eigenvalue weighted by atomic mass is 16.7. The lowest BCUT2D eigenvalue weighted by molar-refractivity contribution is -0.914. The second-order valence-electron chi connectivity index (χ2n) is 9.78. The largest absolute Gasteiger partial charge is 0.632 e. The Kier molecular flexibility index (Phi) is 4.71. The van der Waals surface area contributed by atoms with Gasteiger partial charge in [-0.25, -0.2) is 0 Å². The van der Waals surface area contributed by atoms with Crippen LogP contribution in [0.2, 0.25) is 0 Å². The molecule has 0 saturated carbocycles. The standard InChI is InChI=1S/C26H28N2O6/c1-27-23-12-19(32-2)7-9-26(23)20-13-22-21(33-15-34-22)11-17(20)14-28(31,24(26)25(27)30)10-8-16-3-5-18(29)6-4-16/h3-7,9,11,13,19,23-24,29H,8,10,12,14-15H2,1-2H3/t19-,23+,24-,26+,28?/m1/s1. The lowest BCUT2D eigenvalue weighted by atomic mass is 9.63. The summed E-state index contributed by atoms with van der Waals surface area (Å²) in [5.74, 6) is 1.36. The Morgan fingerprint density at radius 1 is 1.24 bits per heavy atom. The number of carbonyl (C=O) groups is 1. The molecule has 1 amide bonds. The third-order valence-electron chi connectivity index (χ3n) is 8.09. The van der Waals surface area contributed by atoms with E-state index < -0.39 is 16.1 Å². The summed E-state index contributed by atoms with van der Waals surface area (Å²) < 4.78 is 16.3. The molecule has 34 heavy (non-hydrogen) atoms. The van der Waals surface area contributed by atoms with E-state index in [4.69, 9.17) is 14.2 Å². The molecule has 1 aliphatic carbocycles. The van der Waals surface area contributed by atoms with Crippen LogP contribution < -0.4 is 9.47 Å². The molecule has 2 aromatic carbocycles. The van der Waals surface area contributed by atoms with Gasteiger partial charge in [0.2, 0.25) is 6.79 Å². The van der Waals surface area contributed by atoms with Gasteiger partial charge in [-0.3, -0.25) is 4.79 Å². The molecule has 1 spiro atoms. The van der Waals surface area contributed by atoms with Crippen molar-refractivity contribution in [3.63, 3.8) is 0 Å². The Labute approximate surface area is 198 Å². The van der Waals surface area contributed by atoms with E-state index in [-0.39, 0.29) is 43.7 Å². The normalized spacial score (nSPS) is 33.0. The van der Waals surface area contributed by atoms with Crippen LogP contribution in [-0.4, -0.2) is 66.2 Å². The van der Waals surface area contributed by atoms with E-state index in [1.54, 1.807) is 31.2 Å². The van der Waals surface area contributed by atoms with Gasteiger partial charge in [0.05, 0.1) is 24.1 Å². The van der Waals surface area contributed by atoms with Crippen molar-refractivity contribution < 1.29 is 28.8 Å². The first-order valence-corrected chi connectivity index (χ1v) is 11.6. The van der Waals surface area contributed by atoms with Crippen molar-refractivity contribution in [2.24, 2.45) is 0 Å². The lowest BCUT2D eigenvalue weighted by Crippen LogP contribution is -2.65. The number of benzene rings is 2. The van der Waals surface area contributed by atoms with Crippen molar-refractivity contribution in [2.75, 3.05) is 27.5 Å². The van der Waals surface area contributed by atoms with Gasteiger partial charge < -0.3 is 34.1 Å². The van der Waals surface area contributed by atoms with E-state index in [0.29, 0.717) is 24.3 Å². The van der Waals surface area contributed by atoms with Gasteiger partial charge in [-0.15, -0.1) is 0 Å². The minimum Gasteiger partial charge on any atom is -0.632 e. The van der Waals surface area contributed by atoms with Crippen LogP contribution in [0.15, 0.2) is 48.6 Å². The van der Waals surface area contributed by atoms with Gasteiger partial charge in [-0.2, -0.15) is 0 Å². The molecule has 6 rings (SSSR count). The summed E-state index contributed by atoms with van der Waals surface area (Å²) in [6.07, 6.45) is 5.06. The van der Waals surface area contributed by atoms with Gasteiger partial charge in [0.15, 0.2) is 17.5 Å². The quantitative estimate of drug-likeness (QED) is 0.425. The van der Waals surface area contributed by atoms with Crippen LogP contribution in [0.3, 0.4) is 0 Å². The number of likely N-dealkylation sites (tertiary alicyclic amines) is 1. The summed E-state index contributed by atoms with van der Waals surface area (Å²) in [5, 5.41) is 24.3. The molecule has 3 heterocycles. The van der Waals surface area contributed by atoms with Crippen molar-refractivity contribution in [2.45, 2.75) is 43.0 Å². The highest BCUT2D eigenvalue weighted by Crippen LogP contribution is 2.56. The highest BCUT2D eigenvalue weighted by Gasteiger charge is 2.67. The first kappa shape index (κ1) is 21.5. The van der Waals surface area contributed by atoms with Crippen LogP contribution in [0.5, 0.6) is 17.2 Å². The van der Waals surface area contributed by atoms with Crippen molar-refractivity contribution in [1.82, 2.24) is 4.90 Å². The minimum atomic E-state index is -0.790. The Balaban J connectivity index is 1.49. The fourth-order valence-corrected chi connectivity index (χ4v) is 6.44. The number of nitrogens with zero attached hydrogens (tertiary/aromatic N) is 2. The number of amides is 1. The second-order valence-corrected chi connectivity index (χ2v) is 9.78. The SMILES string of the molecule is CO[C@@H]1C=C[C@@]23c4cc5c(cc4C[N+]([O-])(CCc4ccc(O)cc4)[C@@H]2C(=O)N(C)[C@H]3C1)OCO5. The number of quaternary nitrogens is 1. The summed E-state index contributed by atoms with van der Waals surface area (Å²) in [4.78, 5) is 15.5. The summed E-state index contributed by atoms with van der Waals surface area (Å²) >= 11 is 0. The van der Waals surface area contributed by atoms with Gasteiger partial charge in [0.1, 0.15) is 12.3 Å². The fourth-order valence-electron chi connectivity index (χ4n) is 6.44. The average Bonchev–Trinajstić information content (AvgIpc) is 3.38. The van der Waals surface area contributed by atoms with Crippen LogP contribution in [0.4, 0.5) is 0 Å². The average molecular weight is 465 g/mol. The molecule has 3 aliphatic heterocycles. The monoisotopic (exact) mass is 464 g/mol. The topological polar surface area (TPSA) is 91.3 Å². The zero-order valence-corrected chi connectivity index (χ0v) is 19.3. The number of phenols is 1. The molecular formula is C26H28N2O6. The molecule has 5 atom stereocenters. The number of hydrogen-bond acceptors (Lipinski definition) is 6. The van der Waals surface area contributed by atoms with E-state index in [0.717, 1.165) is 16.7 Å². The van der Waals surface area contributed by atoms with E-state index in [1.807, 2.05) is 36.4 Å². The van der Waals surface area contributed by atoms with E-state index in [2.05, 4.69) is 0 Å². The zero-order valence-electron chi connectivity index (χ0n) is 19.3. The van der Waals surface area contributed by atoms with Crippen LogP contribution in [-0.2, 0) is 27.9 Å². The first-order valence-electron chi connectivity index (χ1n) is 11.6. The molecule has 2 aromatic rings. The van der Waals surface area contributed by atoms with Crippen LogP contribution in [0.1, 0.15) is 23.1 Å². The molecule has 1 unspecified atom stereocenters. The molecule has 0 bridgehead atoms. The molecular weight excluding hydrogens is 436 g/mol. The zero-order chi connectivity index (χ0) is 23.7. The number of methoxy groups -OCH3 is 1. The number of ether oxygens (including phenoxy) is 3. The van der Waals surface area contributed by atoms with E-state index in [9.17, 15) is 15.1 Å². The number of hydrogen-bond donors (Lipinski definition) is 1. The third kappa shape index (κ3) is 2.92. The maximum absolute atomic E-state index is 14.7. The Morgan fingerprint density at radius 3 is 2.71 bits per heavy atom. The molecule has 0 aromatic heterocycles. The van der Waals surface area contributed by atoms with Crippen LogP contribution in [0.25, 0.3) is 0 Å². The van der Waals surface area contributed by atoms with E-state index in [1.165, 1.54) is 0 Å². The van der Waals surface area contributed by atoms with Gasteiger partial charge in [0, 0.05) is 26.1 Å². The minimum absolute atomic E-state index is 0.116. The Bertz CT molecular complexity index is 1180. The summed E-state index contributed by atoms with van der Waals surface area (Å²) in [5.41, 5.74) is 2.05. The predicted molar refractivity (Wildman–Crippen MR) is 123 cm³/mol. The number of fused-ring (bicyclic) bond motifs is 2. The molecule has 1 N–H and O–H groups in total. The Hall–Kier alpha value is -3.07. The van der Waals surface area contributed by atoms with Crippen LogP contribution in [0, 0.1) is 5.21 Å². The molecule has 1 fully saturated rings. The summed E-state index contributed by atoms with van der Waals surface area (Å²) in [6.45, 7) is 0.583. The van der Waals surface area contributed by atoms with Crippen molar-refractivity contribution in [3.05, 3.63) is 70.4 Å². The predicted octanol–water partition coefficient (Wildman–Crippen LogP) is 2.61. The first-order chi connectivity index (χ1) is 16.4. The van der Waals surface area contributed by atoms with Crippen molar-refractivity contribution in [1.29, 1.82) is 0 Å². The molecule has 178 valence electrons. The number of aromatic hydroxyl groups is 1. The summed E-state index contributed by atoms with van der Waals surface area (Å²) in [7, 11) is 3.47. The van der Waals surface area contributed by atoms with Gasteiger partial charge in [0.25, 0.3) is 5.91 Å². The molecule has 0 radical (unpaired) electrons. The van der Waals surface area contributed by atoms with Crippen LogP contribution >= 0.6 is 0 Å². The summed E-state index contributed by atoms with van der Waals surface area (Å²) in [6, 6.07) is 9.80. The smallest absolute Gasteiger partial charge is 0.282 e. The Morgan fingerprint density at radius 2 is 1.97 bits per heavy atom. The highest BCUT2D eigenvalue weighted by molar-refractivity contribution is 5.88. The van der Waals surface area contributed by atoms with Crippen molar-refractivity contribution >= 4 is 5.91 Å². The number of hydroxylamine groups is 3. The van der Waals surface area contributed by atoms with Gasteiger partial charge in [-0.05, 0) is 41.8 Å².